The number of aryl methyl sites for hydroxylation is 1. The van der Waals surface area contributed by atoms with Gasteiger partial charge in [0.15, 0.2) is 5.84 Å². The summed E-state index contributed by atoms with van der Waals surface area (Å²) in [5.74, 6) is -0.0891. The van der Waals surface area contributed by atoms with Crippen molar-refractivity contribution in [1.29, 1.82) is 0 Å². The van der Waals surface area contributed by atoms with Gasteiger partial charge in [0.1, 0.15) is 25.5 Å². The number of methoxy groups -OCH3 is 1. The average molecular weight is 688 g/mol. The molecule has 5 aromatic rings. The maximum Gasteiger partial charge on any atom is 0.285 e. The van der Waals surface area contributed by atoms with Gasteiger partial charge in [-0.05, 0) is 66.9 Å². The van der Waals surface area contributed by atoms with E-state index in [-0.39, 0.29) is 17.0 Å². The molecular formula is C38H33N5O4S2. The summed E-state index contributed by atoms with van der Waals surface area (Å²) in [6, 6.07) is 31.5. The number of amidine groups is 1. The molecule has 246 valence electrons. The number of para-hydroxylation sites is 2. The number of unbranched alkanes of at least 4 members (excludes halogenated alkanes) is 1. The van der Waals surface area contributed by atoms with E-state index in [9.17, 15) is 14.4 Å². The van der Waals surface area contributed by atoms with Crippen LogP contribution in [0.25, 0.3) is 16.3 Å². The Labute approximate surface area is 291 Å². The zero-order valence-corrected chi connectivity index (χ0v) is 28.8. The number of hydrogen-bond donors (Lipinski definition) is 1. The molecule has 0 spiro atoms. The fourth-order valence-electron chi connectivity index (χ4n) is 5.75. The first kappa shape index (κ1) is 32.2. The Hall–Kier alpha value is -5.39. The summed E-state index contributed by atoms with van der Waals surface area (Å²) in [5.41, 5.74) is 3.46. The number of aromatic nitrogens is 1. The summed E-state index contributed by atoms with van der Waals surface area (Å²) in [4.78, 5) is 45.5. The largest absolute Gasteiger partial charge is 0.497 e. The second-order valence-corrected chi connectivity index (χ2v) is 13.6. The van der Waals surface area contributed by atoms with Crippen LogP contribution in [0.4, 0.5) is 11.4 Å². The topological polar surface area (TPSA) is 96.2 Å². The fourth-order valence-corrected chi connectivity index (χ4v) is 8.22. The van der Waals surface area contributed by atoms with Gasteiger partial charge in [-0.3, -0.25) is 19.0 Å². The molecule has 3 heterocycles. The molecule has 9 nitrogen and oxygen atoms in total. The molecule has 2 aliphatic rings. The van der Waals surface area contributed by atoms with Crippen molar-refractivity contribution in [2.75, 3.05) is 24.1 Å². The molecule has 0 atom stereocenters. The Morgan fingerprint density at radius 1 is 0.898 bits per heavy atom. The van der Waals surface area contributed by atoms with Crippen LogP contribution >= 0.6 is 23.1 Å². The molecule has 0 radical (unpaired) electrons. The van der Waals surface area contributed by atoms with Gasteiger partial charge >= 0.3 is 0 Å². The number of carbonyl (C=O) groups is 2. The van der Waals surface area contributed by atoms with E-state index in [2.05, 4.69) is 17.3 Å². The van der Waals surface area contributed by atoms with Gasteiger partial charge in [0, 0.05) is 23.6 Å². The summed E-state index contributed by atoms with van der Waals surface area (Å²) >= 11 is 2.68. The number of hydrazone groups is 1. The molecule has 1 aromatic heterocycles. The summed E-state index contributed by atoms with van der Waals surface area (Å²) in [6.07, 6.45) is 3.09. The number of thiazole rings is 1. The normalized spacial score (nSPS) is 16.1. The molecule has 11 heteroatoms. The highest BCUT2D eigenvalue weighted by Gasteiger charge is 2.36. The van der Waals surface area contributed by atoms with Gasteiger partial charge in [0.05, 0.1) is 24.2 Å². The van der Waals surface area contributed by atoms with Crippen molar-refractivity contribution in [2.24, 2.45) is 5.10 Å². The summed E-state index contributed by atoms with van der Waals surface area (Å²) in [5, 5.41) is 9.56. The number of nitrogens with one attached hydrogen (secondary N) is 1. The van der Waals surface area contributed by atoms with Crippen molar-refractivity contribution >= 4 is 62.7 Å². The monoisotopic (exact) mass is 687 g/mol. The Kier molecular flexibility index (Phi) is 8.94. The lowest BCUT2D eigenvalue weighted by molar-refractivity contribution is -0.112. The Morgan fingerprint density at radius 3 is 2.27 bits per heavy atom. The molecule has 1 N–H and O–H groups in total. The number of ether oxygens (including phenoxy) is 1. The van der Waals surface area contributed by atoms with E-state index < -0.39 is 11.8 Å². The molecule has 0 saturated heterocycles. The number of rotatable bonds is 7. The molecule has 7 rings (SSSR count). The molecule has 0 saturated carbocycles. The van der Waals surface area contributed by atoms with Crippen LogP contribution in [0.5, 0.6) is 5.75 Å². The predicted molar refractivity (Wildman–Crippen MR) is 197 cm³/mol. The highest BCUT2D eigenvalue weighted by Crippen LogP contribution is 2.46. The Morgan fingerprint density at radius 2 is 1.59 bits per heavy atom. The zero-order chi connectivity index (χ0) is 34.1. The van der Waals surface area contributed by atoms with E-state index >= 15 is 0 Å². The van der Waals surface area contributed by atoms with Crippen LogP contribution in [0.15, 0.2) is 118 Å². The van der Waals surface area contributed by atoms with E-state index in [0.717, 1.165) is 40.4 Å². The molecule has 0 aliphatic carbocycles. The first-order chi connectivity index (χ1) is 23.9. The van der Waals surface area contributed by atoms with Crippen molar-refractivity contribution in [1.82, 2.24) is 9.88 Å². The number of anilines is 2. The minimum atomic E-state index is -0.459. The number of hydrogen-bond acceptors (Lipinski definition) is 8. The molecule has 2 aliphatic heterocycles. The van der Waals surface area contributed by atoms with Crippen LogP contribution in [-0.2, 0) is 11.2 Å². The van der Waals surface area contributed by atoms with Crippen LogP contribution in [-0.4, -0.2) is 36.4 Å². The van der Waals surface area contributed by atoms with Gasteiger partial charge in [-0.1, -0.05) is 73.6 Å². The van der Waals surface area contributed by atoms with Crippen molar-refractivity contribution in [3.63, 3.8) is 0 Å². The van der Waals surface area contributed by atoms with E-state index in [0.29, 0.717) is 31.9 Å². The molecule has 4 aromatic carbocycles. The number of carbonyl (C=O) groups excluding carboxylic acids is 2. The van der Waals surface area contributed by atoms with Crippen molar-refractivity contribution < 1.29 is 14.3 Å². The Balaban J connectivity index is 1.42. The summed E-state index contributed by atoms with van der Waals surface area (Å²) in [6.45, 7) is 2.14. The van der Waals surface area contributed by atoms with Crippen LogP contribution in [0.3, 0.4) is 0 Å². The second kappa shape index (κ2) is 13.6. The quantitative estimate of drug-likeness (QED) is 0.243. The standard InChI is InChI=1S/C38H33N5O4S2/c1-4-5-12-24-17-19-25(20-18-24)34(44)39-33-31(35(45)43(40-33)27-15-10-7-11-16-27)37-42(26-13-8-6-9-14-26)36(46)32(49-37)38-41(2)29-23-28(47-3)21-22-30(29)48-38/h6-11,13-23H,4-5,12H2,1-3H3,(H,39,40,44). The van der Waals surface area contributed by atoms with Crippen molar-refractivity contribution in [3.05, 3.63) is 134 Å². The lowest BCUT2D eigenvalue weighted by Gasteiger charge is -2.13. The smallest absolute Gasteiger partial charge is 0.285 e. The number of fused-ring (bicyclic) bond motifs is 1. The SMILES string of the molecule is CCCCc1ccc(C(=O)NC2=NN(c3ccccc3)C(=O)C2=c2sc(=C3Sc4ccc(OC)cc4N3C)c(=O)n2-c2ccccc2)cc1. The van der Waals surface area contributed by atoms with E-state index in [1.165, 1.54) is 32.7 Å². The van der Waals surface area contributed by atoms with Crippen LogP contribution < -0.4 is 34.7 Å². The number of nitrogens with zero attached hydrogens (tertiary/aromatic N) is 4. The molecule has 0 bridgehead atoms. The number of thioether (sulfide) groups is 1. The highest BCUT2D eigenvalue weighted by atomic mass is 32.2. The molecular weight excluding hydrogens is 655 g/mol. The molecule has 0 unspecified atom stereocenters. The maximum atomic E-state index is 14.5. The minimum Gasteiger partial charge on any atom is -0.497 e. The molecule has 49 heavy (non-hydrogen) atoms. The minimum absolute atomic E-state index is 0.0665. The molecule has 2 amide bonds. The van der Waals surface area contributed by atoms with Gasteiger partial charge in [-0.2, -0.15) is 5.01 Å². The van der Waals surface area contributed by atoms with Gasteiger partial charge in [-0.15, -0.1) is 16.4 Å². The number of amides is 2. The summed E-state index contributed by atoms with van der Waals surface area (Å²) < 4.78 is 7.81. The van der Waals surface area contributed by atoms with E-state index in [4.69, 9.17) is 4.74 Å². The zero-order valence-electron chi connectivity index (χ0n) is 27.2. The van der Waals surface area contributed by atoms with Gasteiger partial charge in [0.25, 0.3) is 17.4 Å². The highest BCUT2D eigenvalue weighted by molar-refractivity contribution is 8.08. The Bertz CT molecular complexity index is 2280. The third kappa shape index (κ3) is 6.07. The summed E-state index contributed by atoms with van der Waals surface area (Å²) in [7, 11) is 3.53. The first-order valence-corrected chi connectivity index (χ1v) is 17.6. The van der Waals surface area contributed by atoms with E-state index in [1.807, 2.05) is 90.8 Å². The van der Waals surface area contributed by atoms with Gasteiger partial charge in [-0.25, -0.2) is 0 Å². The molecule has 0 fully saturated rings. The maximum absolute atomic E-state index is 14.5. The lowest BCUT2D eigenvalue weighted by Crippen LogP contribution is -2.37. The lowest BCUT2D eigenvalue weighted by atomic mass is 10.1. The van der Waals surface area contributed by atoms with E-state index in [1.54, 1.807) is 31.4 Å². The van der Waals surface area contributed by atoms with Gasteiger partial charge < -0.3 is 15.0 Å². The average Bonchev–Trinajstić information content (AvgIpc) is 3.76. The van der Waals surface area contributed by atoms with Crippen molar-refractivity contribution in [3.8, 4) is 11.4 Å². The second-order valence-electron chi connectivity index (χ2n) is 11.5. The fraction of sp³-hybridized carbons (Fsp3) is 0.158. The predicted octanol–water partition coefficient (Wildman–Crippen LogP) is 5.50. The van der Waals surface area contributed by atoms with Crippen LogP contribution in [0, 0.1) is 0 Å². The first-order valence-electron chi connectivity index (χ1n) is 15.9. The van der Waals surface area contributed by atoms with Gasteiger partial charge in [0.2, 0.25) is 0 Å². The van der Waals surface area contributed by atoms with Crippen LogP contribution in [0.1, 0.15) is 35.7 Å². The van der Waals surface area contributed by atoms with Crippen molar-refractivity contribution in [2.45, 2.75) is 31.1 Å². The van der Waals surface area contributed by atoms with Crippen LogP contribution in [0.2, 0.25) is 0 Å². The third-order valence-corrected chi connectivity index (χ3v) is 10.9. The number of benzene rings is 4. The third-order valence-electron chi connectivity index (χ3n) is 8.37.